The molecule has 0 spiro atoms. The largest absolute Gasteiger partial charge is 0.493 e. The first-order valence-corrected chi connectivity index (χ1v) is 9.59. The van der Waals surface area contributed by atoms with Gasteiger partial charge in [0, 0.05) is 0 Å². The van der Waals surface area contributed by atoms with Gasteiger partial charge >= 0.3 is 0 Å². The maximum Gasteiger partial charge on any atom is 0.169 e. The Morgan fingerprint density at radius 3 is 2.29 bits per heavy atom. The monoisotopic (exact) mass is 334 g/mol. The highest BCUT2D eigenvalue weighted by atomic mass is 16.5. The summed E-state index contributed by atoms with van der Waals surface area (Å²) < 4.78 is 11.0. The van der Waals surface area contributed by atoms with E-state index in [0.29, 0.717) is 0 Å². The lowest BCUT2D eigenvalue weighted by atomic mass is 9.86. The van der Waals surface area contributed by atoms with Gasteiger partial charge in [-0.05, 0) is 43.7 Å². The lowest BCUT2D eigenvalue weighted by Gasteiger charge is -2.37. The first-order valence-electron chi connectivity index (χ1n) is 9.59. The molecule has 2 N–H and O–H groups in total. The Hall–Kier alpha value is -1.26. The second-order valence-electron chi connectivity index (χ2n) is 7.69. The highest BCUT2D eigenvalue weighted by molar-refractivity contribution is 5.46. The van der Waals surface area contributed by atoms with Crippen LogP contribution in [0.25, 0.3) is 0 Å². The summed E-state index contributed by atoms with van der Waals surface area (Å²) in [6.45, 7) is 8.62. The molecule has 1 heterocycles. The van der Waals surface area contributed by atoms with E-state index in [4.69, 9.17) is 9.47 Å². The maximum absolute atomic E-state index is 5.59. The van der Waals surface area contributed by atoms with Crippen molar-refractivity contribution >= 4 is 0 Å². The van der Waals surface area contributed by atoms with Crippen LogP contribution in [0.2, 0.25) is 0 Å². The van der Waals surface area contributed by atoms with Crippen LogP contribution in [0.4, 0.5) is 0 Å². The zero-order valence-corrected chi connectivity index (χ0v) is 15.6. The molecule has 0 amide bonds. The van der Waals surface area contributed by atoms with Crippen molar-refractivity contribution < 1.29 is 19.3 Å². The maximum atomic E-state index is 5.59. The highest BCUT2D eigenvalue weighted by Crippen LogP contribution is 2.30. The van der Waals surface area contributed by atoms with Gasteiger partial charge in [0.25, 0.3) is 0 Å². The predicted molar refractivity (Wildman–Crippen MR) is 96.1 cm³/mol. The summed E-state index contributed by atoms with van der Waals surface area (Å²) in [4.78, 5) is 3.54. The highest BCUT2D eigenvalue weighted by Gasteiger charge is 2.32. The van der Waals surface area contributed by atoms with Crippen LogP contribution in [-0.4, -0.2) is 46.4 Å². The first-order chi connectivity index (χ1) is 11.7. The number of ether oxygens (including phenoxy) is 2. The van der Waals surface area contributed by atoms with E-state index in [2.05, 4.69) is 19.1 Å². The summed E-state index contributed by atoms with van der Waals surface area (Å²) in [5.41, 5.74) is 1.27. The van der Waals surface area contributed by atoms with Gasteiger partial charge in [-0.1, -0.05) is 13.0 Å². The number of benzene rings is 1. The van der Waals surface area contributed by atoms with Gasteiger partial charge in [-0.3, -0.25) is 0 Å². The van der Waals surface area contributed by atoms with Gasteiger partial charge in [0.05, 0.1) is 25.8 Å². The summed E-state index contributed by atoms with van der Waals surface area (Å²) >= 11 is 0. The van der Waals surface area contributed by atoms with E-state index in [1.807, 2.05) is 11.0 Å². The molecule has 1 aliphatic heterocycles. The standard InChI is InChI=1S/C20H32N2O2/c1-16-7-9-18(10-8-16)22-13-11-21(12-14-22)15-17-5-4-6-19(23-2)20(17)24-3/h4-6,16,18H,7-15H2,1-3H3/p+2. The van der Waals surface area contributed by atoms with Crippen LogP contribution >= 0.6 is 0 Å². The molecule has 0 bridgehead atoms. The Balaban J connectivity index is 1.54. The van der Waals surface area contributed by atoms with E-state index in [9.17, 15) is 0 Å². The fourth-order valence-corrected chi connectivity index (χ4v) is 4.54. The molecule has 2 aliphatic rings. The fraction of sp³-hybridized carbons (Fsp3) is 0.700. The van der Waals surface area contributed by atoms with Gasteiger partial charge in [0.2, 0.25) is 0 Å². The molecule has 4 nitrogen and oxygen atoms in total. The molecule has 1 saturated heterocycles. The van der Waals surface area contributed by atoms with Crippen LogP contribution in [-0.2, 0) is 6.54 Å². The Morgan fingerprint density at radius 2 is 1.67 bits per heavy atom. The van der Waals surface area contributed by atoms with Gasteiger partial charge in [-0.25, -0.2) is 0 Å². The van der Waals surface area contributed by atoms with Crippen molar-refractivity contribution in [2.24, 2.45) is 5.92 Å². The Morgan fingerprint density at radius 1 is 0.958 bits per heavy atom. The van der Waals surface area contributed by atoms with Crippen molar-refractivity contribution in [2.75, 3.05) is 40.4 Å². The molecule has 3 rings (SSSR count). The van der Waals surface area contributed by atoms with Crippen LogP contribution in [0.15, 0.2) is 18.2 Å². The quantitative estimate of drug-likeness (QED) is 0.824. The fourth-order valence-electron chi connectivity index (χ4n) is 4.54. The minimum Gasteiger partial charge on any atom is -0.493 e. The average molecular weight is 335 g/mol. The molecule has 2 fully saturated rings. The third-order valence-electron chi connectivity index (χ3n) is 6.12. The molecule has 24 heavy (non-hydrogen) atoms. The number of quaternary nitrogens is 2. The summed E-state index contributed by atoms with van der Waals surface area (Å²) in [5, 5.41) is 0. The van der Waals surface area contributed by atoms with E-state index in [1.54, 1.807) is 19.1 Å². The topological polar surface area (TPSA) is 27.3 Å². The second-order valence-corrected chi connectivity index (χ2v) is 7.69. The SMILES string of the molecule is COc1cccc(C[NH+]2CC[NH+](C3CCC(C)CC3)CC2)c1OC. The summed E-state index contributed by atoms with van der Waals surface area (Å²) in [6.07, 6.45) is 5.75. The number of hydrogen-bond acceptors (Lipinski definition) is 2. The average Bonchev–Trinajstić information content (AvgIpc) is 2.63. The van der Waals surface area contributed by atoms with Crippen molar-refractivity contribution in [3.63, 3.8) is 0 Å². The second kappa shape index (κ2) is 8.21. The van der Waals surface area contributed by atoms with Crippen molar-refractivity contribution in [1.82, 2.24) is 0 Å². The van der Waals surface area contributed by atoms with Gasteiger partial charge in [0.15, 0.2) is 11.5 Å². The van der Waals surface area contributed by atoms with E-state index < -0.39 is 0 Å². The lowest BCUT2D eigenvalue weighted by Crippen LogP contribution is -3.29. The minimum absolute atomic E-state index is 0.843. The molecule has 1 aromatic carbocycles. The van der Waals surface area contributed by atoms with Gasteiger partial charge in [0.1, 0.15) is 32.7 Å². The molecule has 1 aliphatic carbocycles. The molecule has 0 atom stereocenters. The molecule has 4 heteroatoms. The van der Waals surface area contributed by atoms with Crippen molar-refractivity contribution in [2.45, 2.75) is 45.2 Å². The zero-order valence-electron chi connectivity index (χ0n) is 15.6. The smallest absolute Gasteiger partial charge is 0.169 e. The van der Waals surface area contributed by atoms with Gasteiger partial charge in [-0.2, -0.15) is 0 Å². The molecular formula is C20H34N2O2+2. The van der Waals surface area contributed by atoms with Crippen molar-refractivity contribution in [3.05, 3.63) is 23.8 Å². The molecule has 0 radical (unpaired) electrons. The van der Waals surface area contributed by atoms with Crippen molar-refractivity contribution in [1.29, 1.82) is 0 Å². The normalized spacial score (nSPS) is 30.8. The van der Waals surface area contributed by atoms with E-state index in [1.165, 1.54) is 57.4 Å². The third-order valence-corrected chi connectivity index (χ3v) is 6.12. The minimum atomic E-state index is 0.843. The molecular weight excluding hydrogens is 300 g/mol. The molecule has 0 unspecified atom stereocenters. The van der Waals surface area contributed by atoms with Gasteiger partial charge < -0.3 is 19.3 Å². The molecule has 1 aromatic rings. The number of piperazine rings is 1. The molecule has 1 saturated carbocycles. The summed E-state index contributed by atoms with van der Waals surface area (Å²) in [6, 6.07) is 7.15. The number of hydrogen-bond donors (Lipinski definition) is 2. The summed E-state index contributed by atoms with van der Waals surface area (Å²) in [5.74, 6) is 2.70. The van der Waals surface area contributed by atoms with Crippen LogP contribution in [0.3, 0.4) is 0 Å². The van der Waals surface area contributed by atoms with Crippen molar-refractivity contribution in [3.8, 4) is 11.5 Å². The lowest BCUT2D eigenvalue weighted by molar-refractivity contribution is -1.03. The Kier molecular flexibility index (Phi) is 6.01. The molecule has 0 aromatic heterocycles. The number of rotatable bonds is 5. The number of para-hydroxylation sites is 1. The van der Waals surface area contributed by atoms with Crippen LogP contribution in [0.1, 0.15) is 38.2 Å². The predicted octanol–water partition coefficient (Wildman–Crippen LogP) is 0.566. The molecule has 134 valence electrons. The van der Waals surface area contributed by atoms with Crippen LogP contribution in [0, 0.1) is 5.92 Å². The first kappa shape index (κ1) is 17.6. The Labute approximate surface area is 146 Å². The van der Waals surface area contributed by atoms with Gasteiger partial charge in [-0.15, -0.1) is 0 Å². The summed E-state index contributed by atoms with van der Waals surface area (Å²) in [7, 11) is 3.45. The number of nitrogens with one attached hydrogen (secondary N) is 2. The number of methoxy groups -OCH3 is 2. The van der Waals surface area contributed by atoms with Crippen LogP contribution < -0.4 is 19.3 Å². The Bertz CT molecular complexity index is 518. The zero-order chi connectivity index (χ0) is 16.9. The van der Waals surface area contributed by atoms with E-state index in [0.717, 1.165) is 30.0 Å². The van der Waals surface area contributed by atoms with E-state index in [-0.39, 0.29) is 0 Å². The van der Waals surface area contributed by atoms with Crippen LogP contribution in [0.5, 0.6) is 11.5 Å². The third kappa shape index (κ3) is 4.04. The van der Waals surface area contributed by atoms with E-state index >= 15 is 0 Å².